The number of hydrogen-bond acceptors (Lipinski definition) is 5. The molecule has 0 unspecified atom stereocenters. The molecule has 0 radical (unpaired) electrons. The number of fused-ring (bicyclic) bond motifs is 1. The zero-order chi connectivity index (χ0) is 21.5. The summed E-state index contributed by atoms with van der Waals surface area (Å²) in [6, 6.07) is 12.9. The summed E-state index contributed by atoms with van der Waals surface area (Å²) in [4.78, 5) is 14.6. The Balaban J connectivity index is 1.51. The number of nitrogens with zero attached hydrogens (tertiary/aromatic N) is 2. The quantitative estimate of drug-likeness (QED) is 0.599. The molecular formula is C23H26N2O4S. The highest BCUT2D eigenvalue weighted by atomic mass is 32.2. The molecule has 1 aromatic heterocycles. The van der Waals surface area contributed by atoms with Gasteiger partial charge in [-0.3, -0.25) is 4.90 Å². The molecule has 0 bridgehead atoms. The molecule has 0 N–H and O–H groups in total. The molecule has 7 heteroatoms. The molecule has 1 fully saturated rings. The van der Waals surface area contributed by atoms with Crippen molar-refractivity contribution in [1.29, 1.82) is 0 Å². The molecule has 0 aliphatic carbocycles. The van der Waals surface area contributed by atoms with Crippen molar-refractivity contribution in [2.45, 2.75) is 32.2 Å². The molecule has 0 saturated carbocycles. The summed E-state index contributed by atoms with van der Waals surface area (Å²) >= 11 is 0. The summed E-state index contributed by atoms with van der Waals surface area (Å²) in [6.07, 6.45) is 0. The van der Waals surface area contributed by atoms with Crippen LogP contribution in [0, 0.1) is 20.8 Å². The molecule has 3 aromatic rings. The van der Waals surface area contributed by atoms with Crippen LogP contribution in [0.5, 0.6) is 0 Å². The second-order valence-corrected chi connectivity index (χ2v) is 9.95. The van der Waals surface area contributed by atoms with Gasteiger partial charge in [0.05, 0.1) is 4.90 Å². The summed E-state index contributed by atoms with van der Waals surface area (Å²) in [6.45, 7) is 8.34. The second-order valence-electron chi connectivity index (χ2n) is 8.04. The summed E-state index contributed by atoms with van der Waals surface area (Å²) in [7, 11) is -3.52. The highest BCUT2D eigenvalue weighted by molar-refractivity contribution is 7.89. The van der Waals surface area contributed by atoms with E-state index in [1.165, 1.54) is 6.07 Å². The van der Waals surface area contributed by atoms with E-state index >= 15 is 0 Å². The minimum absolute atomic E-state index is 0.362. The number of piperazine rings is 1. The lowest BCUT2D eigenvalue weighted by Crippen LogP contribution is -2.48. The van der Waals surface area contributed by atoms with Crippen molar-refractivity contribution in [3.05, 3.63) is 75.1 Å². The zero-order valence-electron chi connectivity index (χ0n) is 17.5. The van der Waals surface area contributed by atoms with Crippen LogP contribution in [0.2, 0.25) is 0 Å². The lowest BCUT2D eigenvalue weighted by atomic mass is 10.1. The van der Waals surface area contributed by atoms with E-state index in [1.54, 1.807) is 10.4 Å². The maximum atomic E-state index is 13.1. The van der Waals surface area contributed by atoms with Crippen LogP contribution in [-0.2, 0) is 16.6 Å². The lowest BCUT2D eigenvalue weighted by molar-refractivity contribution is 0.182. The Morgan fingerprint density at radius 2 is 1.57 bits per heavy atom. The minimum atomic E-state index is -3.52. The Labute approximate surface area is 176 Å². The summed E-state index contributed by atoms with van der Waals surface area (Å²) < 4.78 is 33.2. The zero-order valence-corrected chi connectivity index (χ0v) is 18.3. The lowest BCUT2D eigenvalue weighted by Gasteiger charge is -2.34. The van der Waals surface area contributed by atoms with Crippen LogP contribution in [0.25, 0.3) is 11.0 Å². The maximum absolute atomic E-state index is 13.1. The van der Waals surface area contributed by atoms with Crippen LogP contribution in [0.3, 0.4) is 0 Å². The molecule has 0 amide bonds. The van der Waals surface area contributed by atoms with Crippen molar-refractivity contribution in [2.24, 2.45) is 0 Å². The van der Waals surface area contributed by atoms with Crippen molar-refractivity contribution in [2.75, 3.05) is 26.2 Å². The van der Waals surface area contributed by atoms with Gasteiger partial charge in [0.1, 0.15) is 5.58 Å². The van der Waals surface area contributed by atoms with Crippen molar-refractivity contribution in [3.8, 4) is 0 Å². The third kappa shape index (κ3) is 4.05. The Hall–Kier alpha value is -2.48. The molecule has 2 heterocycles. The van der Waals surface area contributed by atoms with E-state index < -0.39 is 10.0 Å². The molecule has 1 aliphatic rings. The predicted molar refractivity (Wildman–Crippen MR) is 117 cm³/mol. The third-order valence-electron chi connectivity index (χ3n) is 5.67. The highest BCUT2D eigenvalue weighted by Gasteiger charge is 2.29. The fourth-order valence-corrected chi connectivity index (χ4v) is 5.69. The largest absolute Gasteiger partial charge is 0.423 e. The average molecular weight is 427 g/mol. The maximum Gasteiger partial charge on any atom is 0.336 e. The Bertz CT molecular complexity index is 1260. The number of aryl methyl sites for hydroxylation is 3. The highest BCUT2D eigenvalue weighted by Crippen LogP contribution is 2.24. The van der Waals surface area contributed by atoms with E-state index in [2.05, 4.69) is 4.90 Å². The molecule has 1 aliphatic heterocycles. The average Bonchev–Trinajstić information content (AvgIpc) is 2.69. The van der Waals surface area contributed by atoms with E-state index in [9.17, 15) is 13.2 Å². The van der Waals surface area contributed by atoms with Crippen LogP contribution in [0.1, 0.15) is 22.3 Å². The monoisotopic (exact) mass is 426 g/mol. The van der Waals surface area contributed by atoms with Crippen molar-refractivity contribution < 1.29 is 12.8 Å². The standard InChI is InChI=1S/C23H26N2O4S/c1-16-5-7-20-19(14-23(26)29-21(20)12-16)15-24-8-10-25(11-9-24)30(27,28)22-13-17(2)4-6-18(22)3/h4-7,12-14H,8-11,15H2,1-3H3. The topological polar surface area (TPSA) is 70.8 Å². The van der Waals surface area contributed by atoms with E-state index in [4.69, 9.17) is 4.42 Å². The fraction of sp³-hybridized carbons (Fsp3) is 0.348. The van der Waals surface area contributed by atoms with Crippen LogP contribution in [0.15, 0.2) is 56.6 Å². The number of hydrogen-bond donors (Lipinski definition) is 0. The molecule has 158 valence electrons. The first-order valence-corrected chi connectivity index (χ1v) is 11.5. The van der Waals surface area contributed by atoms with Crippen LogP contribution in [0.4, 0.5) is 0 Å². The number of benzene rings is 2. The predicted octanol–water partition coefficient (Wildman–Crippen LogP) is 3.22. The first-order chi connectivity index (χ1) is 14.2. The van der Waals surface area contributed by atoms with Crippen molar-refractivity contribution in [3.63, 3.8) is 0 Å². The molecule has 0 spiro atoms. The van der Waals surface area contributed by atoms with Crippen LogP contribution in [-0.4, -0.2) is 43.8 Å². The fourth-order valence-electron chi connectivity index (χ4n) is 3.96. The Morgan fingerprint density at radius 1 is 0.900 bits per heavy atom. The molecule has 30 heavy (non-hydrogen) atoms. The first-order valence-electron chi connectivity index (χ1n) is 10.1. The van der Waals surface area contributed by atoms with Gasteiger partial charge in [0.15, 0.2) is 0 Å². The third-order valence-corrected chi connectivity index (χ3v) is 7.71. The van der Waals surface area contributed by atoms with E-state index in [0.717, 1.165) is 27.6 Å². The van der Waals surface area contributed by atoms with Gasteiger partial charge in [-0.05, 0) is 55.2 Å². The molecular weight excluding hydrogens is 400 g/mol. The summed E-state index contributed by atoms with van der Waals surface area (Å²) in [5.41, 5.74) is 3.87. The number of rotatable bonds is 4. The Morgan fingerprint density at radius 3 is 2.30 bits per heavy atom. The van der Waals surface area contributed by atoms with Gasteiger partial charge in [-0.2, -0.15) is 4.31 Å². The van der Waals surface area contributed by atoms with Gasteiger partial charge >= 0.3 is 5.63 Å². The van der Waals surface area contributed by atoms with E-state index in [-0.39, 0.29) is 5.63 Å². The minimum Gasteiger partial charge on any atom is -0.423 e. The summed E-state index contributed by atoms with van der Waals surface area (Å²) in [5.74, 6) is 0. The van der Waals surface area contributed by atoms with Crippen molar-refractivity contribution in [1.82, 2.24) is 9.21 Å². The van der Waals surface area contributed by atoms with Crippen molar-refractivity contribution >= 4 is 21.0 Å². The molecule has 1 saturated heterocycles. The Kier molecular flexibility index (Phi) is 5.53. The second kappa shape index (κ2) is 7.98. The van der Waals surface area contributed by atoms with Gasteiger partial charge in [0, 0.05) is 44.2 Å². The van der Waals surface area contributed by atoms with Crippen LogP contribution < -0.4 is 5.63 Å². The number of sulfonamides is 1. The van der Waals surface area contributed by atoms with E-state index in [1.807, 2.05) is 51.1 Å². The smallest absolute Gasteiger partial charge is 0.336 e. The van der Waals surface area contributed by atoms with E-state index in [0.29, 0.717) is 43.2 Å². The molecule has 2 aromatic carbocycles. The molecule has 4 rings (SSSR count). The molecule has 6 nitrogen and oxygen atoms in total. The first kappa shape index (κ1) is 20.8. The van der Waals surface area contributed by atoms with Gasteiger partial charge in [0.2, 0.25) is 10.0 Å². The van der Waals surface area contributed by atoms with Gasteiger partial charge in [0.25, 0.3) is 0 Å². The SMILES string of the molecule is Cc1ccc(C)c(S(=O)(=O)N2CCN(Cc3cc(=O)oc4cc(C)ccc34)CC2)c1. The van der Waals surface area contributed by atoms with Gasteiger partial charge in [-0.25, -0.2) is 13.2 Å². The van der Waals surface area contributed by atoms with Gasteiger partial charge in [-0.15, -0.1) is 0 Å². The summed E-state index contributed by atoms with van der Waals surface area (Å²) in [5, 5.41) is 0.922. The van der Waals surface area contributed by atoms with Crippen LogP contribution >= 0.6 is 0 Å². The normalized spacial score (nSPS) is 16.2. The van der Waals surface area contributed by atoms with Gasteiger partial charge in [-0.1, -0.05) is 24.3 Å². The van der Waals surface area contributed by atoms with Gasteiger partial charge < -0.3 is 4.42 Å². The molecule has 0 atom stereocenters.